The topological polar surface area (TPSA) is 17.1 Å². The summed E-state index contributed by atoms with van der Waals surface area (Å²) in [7, 11) is 0. The Bertz CT molecular complexity index is 476. The van der Waals surface area contributed by atoms with Gasteiger partial charge in [0.15, 0.2) is 0 Å². The molecule has 78 valence electrons. The largest absolute Gasteiger partial charge is 0.289 e. The molecule has 0 aliphatic heterocycles. The number of Topliss-reactive ketones (excluding diaryl/α,β-unsaturated/α-hetero) is 1. The van der Waals surface area contributed by atoms with Crippen LogP contribution in [-0.4, -0.2) is 5.78 Å². The third kappa shape index (κ3) is 1.58. The summed E-state index contributed by atoms with van der Waals surface area (Å²) in [6, 6.07) is 6.87. The van der Waals surface area contributed by atoms with Crippen molar-refractivity contribution in [3.8, 4) is 0 Å². The standard InChI is InChI=1S/C10H4Cl4O/c11-7-5-3-1-2-4-6(5)10(13,14)9(15)8(7)12/h1-4H. The summed E-state index contributed by atoms with van der Waals surface area (Å²) in [5, 5.41) is 0.0644. The SMILES string of the molecule is O=C1C(Cl)=C(Cl)c2ccccc2C1(Cl)Cl. The van der Waals surface area contributed by atoms with E-state index in [2.05, 4.69) is 0 Å². The second kappa shape index (κ2) is 3.67. The Kier molecular flexibility index (Phi) is 2.76. The second-order valence-electron chi connectivity index (χ2n) is 3.08. The molecule has 0 fully saturated rings. The lowest BCUT2D eigenvalue weighted by Crippen LogP contribution is -2.28. The fourth-order valence-corrected chi connectivity index (χ4v) is 2.54. The molecule has 0 amide bonds. The van der Waals surface area contributed by atoms with Crippen LogP contribution in [0.15, 0.2) is 29.3 Å². The normalized spacial score (nSPS) is 19.1. The van der Waals surface area contributed by atoms with Gasteiger partial charge in [0, 0.05) is 11.1 Å². The number of carbonyl (C=O) groups excluding carboxylic acids is 1. The molecule has 5 heteroatoms. The lowest BCUT2D eigenvalue weighted by molar-refractivity contribution is -0.115. The average molecular weight is 282 g/mol. The molecule has 0 unspecified atom stereocenters. The molecule has 1 aliphatic carbocycles. The Morgan fingerprint density at radius 2 is 1.60 bits per heavy atom. The molecular weight excluding hydrogens is 278 g/mol. The number of alkyl halides is 2. The van der Waals surface area contributed by atoms with Crippen LogP contribution in [0.5, 0.6) is 0 Å². The van der Waals surface area contributed by atoms with Gasteiger partial charge in [-0.25, -0.2) is 0 Å². The Labute approximate surface area is 107 Å². The first-order chi connectivity index (χ1) is 6.96. The lowest BCUT2D eigenvalue weighted by Gasteiger charge is -2.26. The molecule has 0 N–H and O–H groups in total. The van der Waals surface area contributed by atoms with Crippen LogP contribution in [0.3, 0.4) is 0 Å². The van der Waals surface area contributed by atoms with Crippen molar-refractivity contribution >= 4 is 57.2 Å². The molecule has 1 aliphatic rings. The van der Waals surface area contributed by atoms with Crippen molar-refractivity contribution in [2.45, 2.75) is 4.33 Å². The van der Waals surface area contributed by atoms with Crippen molar-refractivity contribution in [3.05, 3.63) is 40.4 Å². The van der Waals surface area contributed by atoms with Crippen LogP contribution in [0.25, 0.3) is 5.03 Å². The van der Waals surface area contributed by atoms with Gasteiger partial charge in [-0.3, -0.25) is 4.79 Å². The minimum atomic E-state index is -1.65. The van der Waals surface area contributed by atoms with Gasteiger partial charge >= 0.3 is 0 Å². The number of rotatable bonds is 0. The predicted octanol–water partition coefficient (Wildman–Crippen LogP) is 4.05. The minimum Gasteiger partial charge on any atom is -0.289 e. The minimum absolute atomic E-state index is 0.125. The number of hydrogen-bond donors (Lipinski definition) is 0. The van der Waals surface area contributed by atoms with Gasteiger partial charge in [0.1, 0.15) is 5.03 Å². The predicted molar refractivity (Wildman–Crippen MR) is 63.5 cm³/mol. The number of carbonyl (C=O) groups is 1. The van der Waals surface area contributed by atoms with E-state index < -0.39 is 10.1 Å². The highest BCUT2D eigenvalue weighted by Crippen LogP contribution is 2.47. The van der Waals surface area contributed by atoms with Crippen LogP contribution >= 0.6 is 46.4 Å². The monoisotopic (exact) mass is 280 g/mol. The third-order valence-electron chi connectivity index (χ3n) is 2.18. The van der Waals surface area contributed by atoms with Crippen molar-refractivity contribution in [3.63, 3.8) is 0 Å². The van der Waals surface area contributed by atoms with Crippen molar-refractivity contribution in [1.29, 1.82) is 0 Å². The maximum atomic E-state index is 11.7. The van der Waals surface area contributed by atoms with E-state index in [4.69, 9.17) is 46.4 Å². The van der Waals surface area contributed by atoms with E-state index in [1.54, 1.807) is 24.3 Å². The van der Waals surface area contributed by atoms with E-state index in [0.29, 0.717) is 11.1 Å². The van der Waals surface area contributed by atoms with Crippen molar-refractivity contribution < 1.29 is 4.79 Å². The number of benzene rings is 1. The zero-order valence-electron chi connectivity index (χ0n) is 7.23. The molecular formula is C10H4Cl4O. The third-order valence-corrected chi connectivity index (χ3v) is 3.78. The van der Waals surface area contributed by atoms with Gasteiger partial charge in [-0.15, -0.1) is 0 Å². The van der Waals surface area contributed by atoms with Crippen LogP contribution in [0.1, 0.15) is 11.1 Å². The van der Waals surface area contributed by atoms with E-state index in [-0.39, 0.29) is 10.1 Å². The first-order valence-corrected chi connectivity index (χ1v) is 5.55. The Balaban J connectivity index is 2.80. The first-order valence-electron chi connectivity index (χ1n) is 4.04. The summed E-state index contributed by atoms with van der Waals surface area (Å²) < 4.78 is -1.65. The van der Waals surface area contributed by atoms with Gasteiger partial charge in [0.2, 0.25) is 10.1 Å². The molecule has 0 atom stereocenters. The van der Waals surface area contributed by atoms with Gasteiger partial charge in [-0.1, -0.05) is 70.7 Å². The fraction of sp³-hybridized carbons (Fsp3) is 0.100. The van der Waals surface area contributed by atoms with Crippen molar-refractivity contribution in [2.75, 3.05) is 0 Å². The van der Waals surface area contributed by atoms with Gasteiger partial charge in [0.25, 0.3) is 0 Å². The van der Waals surface area contributed by atoms with Crippen LogP contribution in [0.2, 0.25) is 0 Å². The zero-order valence-corrected chi connectivity index (χ0v) is 10.3. The number of allylic oxidation sites excluding steroid dienone is 1. The van der Waals surface area contributed by atoms with Gasteiger partial charge in [-0.2, -0.15) is 0 Å². The van der Waals surface area contributed by atoms with E-state index in [1.165, 1.54) is 0 Å². The van der Waals surface area contributed by atoms with E-state index in [0.717, 1.165) is 0 Å². The summed E-state index contributed by atoms with van der Waals surface area (Å²) >= 11 is 23.6. The Morgan fingerprint density at radius 3 is 2.27 bits per heavy atom. The smallest absolute Gasteiger partial charge is 0.216 e. The molecule has 0 saturated carbocycles. The summed E-state index contributed by atoms with van der Waals surface area (Å²) in [4.78, 5) is 11.7. The zero-order chi connectivity index (χ0) is 11.2. The average Bonchev–Trinajstić information content (AvgIpc) is 2.24. The Morgan fingerprint density at radius 1 is 1.00 bits per heavy atom. The van der Waals surface area contributed by atoms with Crippen LogP contribution in [0, 0.1) is 0 Å². The van der Waals surface area contributed by atoms with Gasteiger partial charge in [-0.05, 0) is 0 Å². The summed E-state index contributed by atoms with van der Waals surface area (Å²) in [6.07, 6.45) is 0. The maximum Gasteiger partial charge on any atom is 0.216 e. The molecule has 1 aromatic rings. The maximum absolute atomic E-state index is 11.7. The molecule has 0 radical (unpaired) electrons. The van der Waals surface area contributed by atoms with Crippen molar-refractivity contribution in [2.24, 2.45) is 0 Å². The molecule has 0 bridgehead atoms. The quantitative estimate of drug-likeness (QED) is 0.656. The van der Waals surface area contributed by atoms with E-state index in [1.807, 2.05) is 0 Å². The summed E-state index contributed by atoms with van der Waals surface area (Å²) in [6.45, 7) is 0. The molecule has 2 rings (SSSR count). The highest BCUT2D eigenvalue weighted by Gasteiger charge is 2.43. The highest BCUT2D eigenvalue weighted by molar-refractivity contribution is 6.69. The van der Waals surface area contributed by atoms with Crippen LogP contribution < -0.4 is 0 Å². The number of ketones is 1. The Hall–Kier alpha value is -0.210. The molecule has 0 aromatic heterocycles. The highest BCUT2D eigenvalue weighted by atomic mass is 35.5. The number of halogens is 4. The van der Waals surface area contributed by atoms with E-state index >= 15 is 0 Å². The molecule has 0 saturated heterocycles. The first kappa shape index (κ1) is 11.3. The van der Waals surface area contributed by atoms with Gasteiger partial charge in [0.05, 0.1) is 5.03 Å². The molecule has 15 heavy (non-hydrogen) atoms. The molecule has 0 spiro atoms. The number of fused-ring (bicyclic) bond motifs is 1. The van der Waals surface area contributed by atoms with Crippen molar-refractivity contribution in [1.82, 2.24) is 0 Å². The summed E-state index contributed by atoms with van der Waals surface area (Å²) in [5.41, 5.74) is 1.06. The van der Waals surface area contributed by atoms with E-state index in [9.17, 15) is 4.79 Å². The number of hydrogen-bond acceptors (Lipinski definition) is 1. The van der Waals surface area contributed by atoms with Crippen LogP contribution in [-0.2, 0) is 9.13 Å². The fourth-order valence-electron chi connectivity index (χ4n) is 1.43. The van der Waals surface area contributed by atoms with Crippen LogP contribution in [0.4, 0.5) is 0 Å². The molecule has 1 nitrogen and oxygen atoms in total. The molecule has 0 heterocycles. The lowest BCUT2D eigenvalue weighted by atomic mass is 9.95. The molecule has 1 aromatic carbocycles. The van der Waals surface area contributed by atoms with Gasteiger partial charge < -0.3 is 0 Å². The summed E-state index contributed by atoms with van der Waals surface area (Å²) in [5.74, 6) is -0.587. The second-order valence-corrected chi connectivity index (χ2v) is 5.16.